The smallest absolute Gasteiger partial charge is 0.416 e. The molecule has 1 aromatic heterocycles. The molecule has 1 aromatic carbocycles. The van der Waals surface area contributed by atoms with E-state index in [9.17, 15) is 18.0 Å². The molecule has 2 rings (SSSR count). The largest absolute Gasteiger partial charge is 0.480 e. The third-order valence-electron chi connectivity index (χ3n) is 3.07. The van der Waals surface area contributed by atoms with Gasteiger partial charge in [-0.15, -0.1) is 4.73 Å². The van der Waals surface area contributed by atoms with Crippen LogP contribution in [0.5, 0.6) is 5.88 Å². The topological polar surface area (TPSA) is 49.7 Å². The van der Waals surface area contributed by atoms with Crippen LogP contribution in [-0.2, 0) is 10.9 Å². The molecule has 0 saturated heterocycles. The zero-order valence-electron chi connectivity index (χ0n) is 12.2. The summed E-state index contributed by atoms with van der Waals surface area (Å²) in [7, 11) is 2.55. The molecule has 0 N–H and O–H groups in total. The lowest BCUT2D eigenvalue weighted by atomic mass is 10.1. The number of alkyl halides is 3. The predicted octanol–water partition coefficient (Wildman–Crippen LogP) is 2.90. The molecule has 0 saturated carbocycles. The SMILES string of the molecule is CCOC(=O)c1c(OC)n(OC)c2cc(C(F)(F)F)ccc12. The van der Waals surface area contributed by atoms with Crippen LogP contribution in [0.3, 0.4) is 0 Å². The highest BCUT2D eigenvalue weighted by Gasteiger charge is 2.33. The Hall–Kier alpha value is -2.38. The molecule has 0 aliphatic carbocycles. The van der Waals surface area contributed by atoms with Crippen molar-refractivity contribution in [3.05, 3.63) is 29.3 Å². The zero-order valence-corrected chi connectivity index (χ0v) is 12.2. The highest BCUT2D eigenvalue weighted by atomic mass is 19.4. The van der Waals surface area contributed by atoms with Gasteiger partial charge in [0.05, 0.1) is 24.8 Å². The van der Waals surface area contributed by atoms with E-state index in [1.165, 1.54) is 20.3 Å². The van der Waals surface area contributed by atoms with Crippen LogP contribution < -0.4 is 9.57 Å². The van der Waals surface area contributed by atoms with Crippen molar-refractivity contribution in [1.82, 2.24) is 4.73 Å². The maximum Gasteiger partial charge on any atom is 0.416 e. The molecule has 0 fully saturated rings. The Bertz CT molecular complexity index is 706. The number of ether oxygens (including phenoxy) is 2. The molecule has 0 aliphatic rings. The van der Waals surface area contributed by atoms with E-state index in [2.05, 4.69) is 0 Å². The summed E-state index contributed by atoms with van der Waals surface area (Å²) in [4.78, 5) is 17.1. The van der Waals surface area contributed by atoms with Crippen molar-refractivity contribution in [3.8, 4) is 5.88 Å². The molecule has 2 aromatic rings. The fourth-order valence-corrected chi connectivity index (χ4v) is 2.18. The Balaban J connectivity index is 2.77. The second-order valence-corrected chi connectivity index (χ2v) is 4.31. The van der Waals surface area contributed by atoms with Crippen molar-refractivity contribution in [2.45, 2.75) is 13.1 Å². The van der Waals surface area contributed by atoms with Gasteiger partial charge in [-0.2, -0.15) is 13.2 Å². The molecule has 120 valence electrons. The molecule has 0 atom stereocenters. The zero-order chi connectivity index (χ0) is 16.5. The van der Waals surface area contributed by atoms with E-state index in [1.54, 1.807) is 6.92 Å². The van der Waals surface area contributed by atoms with Gasteiger partial charge in [-0.3, -0.25) is 0 Å². The summed E-state index contributed by atoms with van der Waals surface area (Å²) in [6, 6.07) is 2.98. The third kappa shape index (κ3) is 2.56. The van der Waals surface area contributed by atoms with Crippen LogP contribution in [-0.4, -0.2) is 31.5 Å². The van der Waals surface area contributed by atoms with E-state index >= 15 is 0 Å². The van der Waals surface area contributed by atoms with Crippen molar-refractivity contribution < 1.29 is 32.3 Å². The van der Waals surface area contributed by atoms with E-state index in [4.69, 9.17) is 14.3 Å². The van der Waals surface area contributed by atoms with Gasteiger partial charge in [0.2, 0.25) is 5.88 Å². The highest BCUT2D eigenvalue weighted by Crippen LogP contribution is 2.36. The van der Waals surface area contributed by atoms with Gasteiger partial charge in [-0.25, -0.2) is 4.79 Å². The van der Waals surface area contributed by atoms with E-state index < -0.39 is 17.7 Å². The summed E-state index contributed by atoms with van der Waals surface area (Å²) in [5.74, 6) is -0.713. The first-order chi connectivity index (χ1) is 10.3. The van der Waals surface area contributed by atoms with Gasteiger partial charge >= 0.3 is 12.1 Å². The molecule has 8 heteroatoms. The Labute approximate surface area is 124 Å². The molecule has 0 unspecified atom stereocenters. The maximum atomic E-state index is 12.8. The third-order valence-corrected chi connectivity index (χ3v) is 3.07. The molecule has 5 nitrogen and oxygen atoms in total. The van der Waals surface area contributed by atoms with Crippen molar-refractivity contribution in [3.63, 3.8) is 0 Å². The number of fused-ring (bicyclic) bond motifs is 1. The normalized spacial score (nSPS) is 11.5. The number of esters is 1. The van der Waals surface area contributed by atoms with Crippen LogP contribution in [0.2, 0.25) is 0 Å². The molecule has 0 bridgehead atoms. The van der Waals surface area contributed by atoms with Crippen LogP contribution in [0.1, 0.15) is 22.8 Å². The van der Waals surface area contributed by atoms with Crippen LogP contribution in [0.25, 0.3) is 10.9 Å². The van der Waals surface area contributed by atoms with Crippen molar-refractivity contribution in [1.29, 1.82) is 0 Å². The summed E-state index contributed by atoms with van der Waals surface area (Å²) in [5, 5.41) is 0.255. The molecule has 0 amide bonds. The molecule has 0 spiro atoms. The first kappa shape index (κ1) is 16.0. The Morgan fingerprint density at radius 1 is 1.27 bits per heavy atom. The van der Waals surface area contributed by atoms with E-state index in [-0.39, 0.29) is 29.0 Å². The fourth-order valence-electron chi connectivity index (χ4n) is 2.18. The summed E-state index contributed by atoms with van der Waals surface area (Å²) >= 11 is 0. The molecular formula is C14H14F3NO4. The maximum absolute atomic E-state index is 12.8. The van der Waals surface area contributed by atoms with Crippen LogP contribution in [0.4, 0.5) is 13.2 Å². The Morgan fingerprint density at radius 3 is 2.45 bits per heavy atom. The number of hydrogen-bond donors (Lipinski definition) is 0. The van der Waals surface area contributed by atoms with E-state index in [0.717, 1.165) is 16.9 Å². The van der Waals surface area contributed by atoms with Crippen molar-refractivity contribution in [2.24, 2.45) is 0 Å². The number of methoxy groups -OCH3 is 1. The van der Waals surface area contributed by atoms with Crippen molar-refractivity contribution >= 4 is 16.9 Å². The second-order valence-electron chi connectivity index (χ2n) is 4.31. The van der Waals surface area contributed by atoms with Crippen LogP contribution in [0, 0.1) is 0 Å². The summed E-state index contributed by atoms with van der Waals surface area (Å²) in [6.45, 7) is 1.75. The van der Waals surface area contributed by atoms with Gasteiger partial charge in [0.1, 0.15) is 12.7 Å². The molecule has 22 heavy (non-hydrogen) atoms. The molecule has 1 heterocycles. The van der Waals surface area contributed by atoms with E-state index in [0.29, 0.717) is 0 Å². The lowest BCUT2D eigenvalue weighted by Gasteiger charge is -2.09. The van der Waals surface area contributed by atoms with Crippen molar-refractivity contribution in [2.75, 3.05) is 20.8 Å². The lowest BCUT2D eigenvalue weighted by Crippen LogP contribution is -2.11. The molecule has 0 radical (unpaired) electrons. The number of nitrogens with zero attached hydrogens (tertiary/aromatic N) is 1. The minimum absolute atomic E-state index is 0.0183. The van der Waals surface area contributed by atoms with Gasteiger partial charge in [-0.1, -0.05) is 6.07 Å². The Kier molecular flexibility index (Phi) is 4.20. The minimum atomic E-state index is -4.51. The number of hydrogen-bond acceptors (Lipinski definition) is 4. The second kappa shape index (κ2) is 5.78. The first-order valence-electron chi connectivity index (χ1n) is 6.36. The summed E-state index contributed by atoms with van der Waals surface area (Å²) in [5.41, 5.74) is -0.763. The lowest BCUT2D eigenvalue weighted by molar-refractivity contribution is -0.137. The number of carbonyl (C=O) groups excluding carboxylic acids is 1. The highest BCUT2D eigenvalue weighted by molar-refractivity contribution is 6.07. The van der Waals surface area contributed by atoms with Crippen LogP contribution >= 0.6 is 0 Å². The molecular weight excluding hydrogens is 303 g/mol. The number of carbonyl (C=O) groups is 1. The number of aromatic nitrogens is 1. The van der Waals surface area contributed by atoms with Gasteiger partial charge in [0.25, 0.3) is 0 Å². The summed E-state index contributed by atoms with van der Waals surface area (Å²) in [6.07, 6.45) is -4.51. The van der Waals surface area contributed by atoms with Gasteiger partial charge < -0.3 is 14.3 Å². The van der Waals surface area contributed by atoms with Crippen LogP contribution in [0.15, 0.2) is 18.2 Å². The Morgan fingerprint density at radius 2 is 1.95 bits per heavy atom. The predicted molar refractivity (Wildman–Crippen MR) is 72.0 cm³/mol. The first-order valence-corrected chi connectivity index (χ1v) is 6.36. The van der Waals surface area contributed by atoms with E-state index in [1.807, 2.05) is 0 Å². The average molecular weight is 317 g/mol. The van der Waals surface area contributed by atoms with Gasteiger partial charge in [0.15, 0.2) is 0 Å². The number of benzene rings is 1. The van der Waals surface area contributed by atoms with Gasteiger partial charge in [-0.05, 0) is 19.1 Å². The molecule has 0 aliphatic heterocycles. The monoisotopic (exact) mass is 317 g/mol. The van der Waals surface area contributed by atoms with Gasteiger partial charge in [0, 0.05) is 5.39 Å². The minimum Gasteiger partial charge on any atom is -0.480 e. The standard InChI is InChI=1S/C14H14F3NO4/c1-4-22-13(19)11-9-6-5-8(14(15,16)17)7-10(9)18(21-3)12(11)20-2/h5-7H,4H2,1-3H3. The number of halogens is 3. The number of rotatable bonds is 4. The summed E-state index contributed by atoms with van der Waals surface area (Å²) < 4.78 is 49.6. The quantitative estimate of drug-likeness (QED) is 0.814. The average Bonchev–Trinajstić information content (AvgIpc) is 2.78. The fraction of sp³-hybridized carbons (Fsp3) is 0.357.